The second-order valence-corrected chi connectivity index (χ2v) is 7.10. The third-order valence-corrected chi connectivity index (χ3v) is 4.04. The Hall–Kier alpha value is -1.06. The van der Waals surface area contributed by atoms with Gasteiger partial charge in [-0.25, -0.2) is 0 Å². The molecule has 2 unspecified atom stereocenters. The van der Waals surface area contributed by atoms with Crippen molar-refractivity contribution in [2.24, 2.45) is 0 Å². The van der Waals surface area contributed by atoms with Crippen molar-refractivity contribution in [1.82, 2.24) is 5.32 Å². The van der Waals surface area contributed by atoms with Crippen molar-refractivity contribution < 1.29 is 9.47 Å². The van der Waals surface area contributed by atoms with E-state index in [9.17, 15) is 0 Å². The van der Waals surface area contributed by atoms with Gasteiger partial charge in [-0.05, 0) is 64.7 Å². The predicted molar refractivity (Wildman–Crippen MR) is 87.1 cm³/mol. The molecule has 3 heteroatoms. The van der Waals surface area contributed by atoms with Crippen LogP contribution in [0, 0.1) is 13.8 Å². The first-order valence-electron chi connectivity index (χ1n) is 7.94. The molecular weight excluding hydrogens is 262 g/mol. The Bertz CT molecular complexity index is 465. The molecule has 1 N–H and O–H groups in total. The molecule has 118 valence electrons. The summed E-state index contributed by atoms with van der Waals surface area (Å²) in [7, 11) is 0. The SMILES string of the molecule is Cc1cccc(OCC2CCC(CNC(C)(C)C)O2)c1C. The van der Waals surface area contributed by atoms with E-state index in [-0.39, 0.29) is 11.6 Å². The largest absolute Gasteiger partial charge is 0.491 e. The van der Waals surface area contributed by atoms with Crippen molar-refractivity contribution >= 4 is 0 Å². The number of aryl methyl sites for hydroxylation is 1. The molecule has 0 aliphatic carbocycles. The number of nitrogens with one attached hydrogen (secondary N) is 1. The van der Waals surface area contributed by atoms with Crippen LogP contribution in [0.5, 0.6) is 5.75 Å². The lowest BCUT2D eigenvalue weighted by Crippen LogP contribution is -2.41. The minimum absolute atomic E-state index is 0.149. The maximum atomic E-state index is 6.06. The van der Waals surface area contributed by atoms with Crippen LogP contribution in [0.3, 0.4) is 0 Å². The van der Waals surface area contributed by atoms with Gasteiger partial charge in [0.05, 0.1) is 12.2 Å². The van der Waals surface area contributed by atoms with E-state index in [1.807, 2.05) is 12.1 Å². The Kier molecular flexibility index (Phi) is 5.28. The van der Waals surface area contributed by atoms with Gasteiger partial charge in [-0.1, -0.05) is 12.1 Å². The Morgan fingerprint density at radius 1 is 1.19 bits per heavy atom. The number of rotatable bonds is 5. The number of hydrogen-bond acceptors (Lipinski definition) is 3. The fraction of sp³-hybridized carbons (Fsp3) is 0.667. The van der Waals surface area contributed by atoms with Crippen LogP contribution in [0.1, 0.15) is 44.7 Å². The second kappa shape index (κ2) is 6.80. The van der Waals surface area contributed by atoms with E-state index in [1.165, 1.54) is 11.1 Å². The molecule has 1 saturated heterocycles. The van der Waals surface area contributed by atoms with Crippen LogP contribution < -0.4 is 10.1 Å². The zero-order valence-electron chi connectivity index (χ0n) is 14.0. The summed E-state index contributed by atoms with van der Waals surface area (Å²) in [6, 6.07) is 6.20. The number of hydrogen-bond donors (Lipinski definition) is 1. The van der Waals surface area contributed by atoms with Crippen LogP contribution in [0.2, 0.25) is 0 Å². The molecule has 0 aromatic heterocycles. The lowest BCUT2D eigenvalue weighted by Gasteiger charge is -2.23. The summed E-state index contributed by atoms with van der Waals surface area (Å²) < 4.78 is 12.0. The molecule has 1 aromatic rings. The van der Waals surface area contributed by atoms with Crippen LogP contribution in [0.4, 0.5) is 0 Å². The molecule has 2 rings (SSSR count). The minimum atomic E-state index is 0.149. The molecular formula is C18H29NO2. The van der Waals surface area contributed by atoms with Crippen molar-refractivity contribution in [2.45, 2.75) is 65.2 Å². The van der Waals surface area contributed by atoms with E-state index >= 15 is 0 Å². The molecule has 1 heterocycles. The minimum Gasteiger partial charge on any atom is -0.491 e. The van der Waals surface area contributed by atoms with E-state index in [0.29, 0.717) is 12.7 Å². The normalized spacial score (nSPS) is 22.5. The van der Waals surface area contributed by atoms with Crippen molar-refractivity contribution in [1.29, 1.82) is 0 Å². The standard InChI is InChI=1S/C18H29NO2/c1-13-7-6-8-17(14(13)2)20-12-16-10-9-15(21-16)11-19-18(3,4)5/h6-8,15-16,19H,9-12H2,1-5H3. The number of ether oxygens (including phenoxy) is 2. The van der Waals surface area contributed by atoms with Gasteiger partial charge < -0.3 is 14.8 Å². The molecule has 1 fully saturated rings. The van der Waals surface area contributed by atoms with Gasteiger partial charge in [0, 0.05) is 12.1 Å². The molecule has 0 amide bonds. The summed E-state index contributed by atoms with van der Waals surface area (Å²) >= 11 is 0. The second-order valence-electron chi connectivity index (χ2n) is 7.10. The van der Waals surface area contributed by atoms with Gasteiger partial charge in [-0.15, -0.1) is 0 Å². The molecule has 0 radical (unpaired) electrons. The van der Waals surface area contributed by atoms with Gasteiger partial charge in [-0.2, -0.15) is 0 Å². The first-order chi connectivity index (χ1) is 9.85. The van der Waals surface area contributed by atoms with E-state index in [0.717, 1.165) is 25.1 Å². The Balaban J connectivity index is 1.77. The van der Waals surface area contributed by atoms with E-state index < -0.39 is 0 Å². The van der Waals surface area contributed by atoms with Crippen LogP contribution in [0.25, 0.3) is 0 Å². The van der Waals surface area contributed by atoms with E-state index in [4.69, 9.17) is 9.47 Å². The molecule has 1 aliphatic heterocycles. The highest BCUT2D eigenvalue weighted by molar-refractivity contribution is 5.38. The van der Waals surface area contributed by atoms with Crippen LogP contribution >= 0.6 is 0 Å². The molecule has 0 saturated carbocycles. The van der Waals surface area contributed by atoms with Gasteiger partial charge in [-0.3, -0.25) is 0 Å². The maximum absolute atomic E-state index is 6.06. The van der Waals surface area contributed by atoms with Gasteiger partial charge in [0.2, 0.25) is 0 Å². The van der Waals surface area contributed by atoms with Crippen molar-refractivity contribution in [3.8, 4) is 5.75 Å². The lowest BCUT2D eigenvalue weighted by molar-refractivity contribution is 0.0160. The fourth-order valence-electron chi connectivity index (χ4n) is 2.54. The summed E-state index contributed by atoms with van der Waals surface area (Å²) in [5.74, 6) is 0.981. The quantitative estimate of drug-likeness (QED) is 0.899. The van der Waals surface area contributed by atoms with E-state index in [1.54, 1.807) is 0 Å². The molecule has 0 bridgehead atoms. The predicted octanol–water partition coefficient (Wildman–Crippen LogP) is 3.62. The zero-order chi connectivity index (χ0) is 15.5. The highest BCUT2D eigenvalue weighted by atomic mass is 16.5. The third-order valence-electron chi connectivity index (χ3n) is 4.04. The average Bonchev–Trinajstić information content (AvgIpc) is 2.85. The summed E-state index contributed by atoms with van der Waals surface area (Å²) in [4.78, 5) is 0. The highest BCUT2D eigenvalue weighted by Gasteiger charge is 2.26. The average molecular weight is 291 g/mol. The maximum Gasteiger partial charge on any atom is 0.122 e. The summed E-state index contributed by atoms with van der Waals surface area (Å²) in [5.41, 5.74) is 2.64. The topological polar surface area (TPSA) is 30.5 Å². The molecule has 2 atom stereocenters. The van der Waals surface area contributed by atoms with Gasteiger partial charge in [0.1, 0.15) is 12.4 Å². The van der Waals surface area contributed by atoms with Crippen molar-refractivity contribution in [3.05, 3.63) is 29.3 Å². The van der Waals surface area contributed by atoms with Gasteiger partial charge in [0.15, 0.2) is 0 Å². The summed E-state index contributed by atoms with van der Waals surface area (Å²) in [5, 5.41) is 3.51. The first kappa shape index (κ1) is 16.3. The molecule has 1 aliphatic rings. The Morgan fingerprint density at radius 2 is 1.90 bits per heavy atom. The fourth-order valence-corrected chi connectivity index (χ4v) is 2.54. The molecule has 1 aromatic carbocycles. The summed E-state index contributed by atoms with van der Waals surface area (Å²) in [6.45, 7) is 12.3. The molecule has 3 nitrogen and oxygen atoms in total. The highest BCUT2D eigenvalue weighted by Crippen LogP contribution is 2.24. The van der Waals surface area contributed by atoms with Crippen molar-refractivity contribution in [3.63, 3.8) is 0 Å². The van der Waals surface area contributed by atoms with Gasteiger partial charge in [0.25, 0.3) is 0 Å². The summed E-state index contributed by atoms with van der Waals surface area (Å²) in [6.07, 6.45) is 2.73. The smallest absolute Gasteiger partial charge is 0.122 e. The number of benzene rings is 1. The zero-order valence-corrected chi connectivity index (χ0v) is 14.0. The van der Waals surface area contributed by atoms with Gasteiger partial charge >= 0.3 is 0 Å². The monoisotopic (exact) mass is 291 g/mol. The first-order valence-corrected chi connectivity index (χ1v) is 7.94. The van der Waals surface area contributed by atoms with Crippen LogP contribution in [-0.2, 0) is 4.74 Å². The molecule has 21 heavy (non-hydrogen) atoms. The third kappa shape index (κ3) is 5.01. The van der Waals surface area contributed by atoms with Crippen LogP contribution in [-0.4, -0.2) is 30.9 Å². The molecule has 0 spiro atoms. The lowest BCUT2D eigenvalue weighted by atomic mass is 10.1. The van der Waals surface area contributed by atoms with Crippen LogP contribution in [0.15, 0.2) is 18.2 Å². The Morgan fingerprint density at radius 3 is 2.62 bits per heavy atom. The Labute approximate surface area is 129 Å². The van der Waals surface area contributed by atoms with Crippen molar-refractivity contribution in [2.75, 3.05) is 13.2 Å². The van der Waals surface area contributed by atoms with E-state index in [2.05, 4.69) is 46.0 Å².